The van der Waals surface area contributed by atoms with Gasteiger partial charge >= 0.3 is 5.97 Å². The van der Waals surface area contributed by atoms with Gasteiger partial charge in [0.25, 0.3) is 5.91 Å². The van der Waals surface area contributed by atoms with Crippen molar-refractivity contribution in [2.75, 3.05) is 20.4 Å². The van der Waals surface area contributed by atoms with Gasteiger partial charge in [-0.25, -0.2) is 0 Å². The Labute approximate surface area is 108 Å². The van der Waals surface area contributed by atoms with Crippen molar-refractivity contribution in [3.63, 3.8) is 0 Å². The first-order chi connectivity index (χ1) is 8.61. The fourth-order valence-electron chi connectivity index (χ4n) is 1.43. The highest BCUT2D eigenvalue weighted by Crippen LogP contribution is 2.39. The lowest BCUT2D eigenvalue weighted by Gasteiger charge is -2.06. The zero-order valence-corrected chi connectivity index (χ0v) is 10.2. The molecule has 1 N–H and O–H groups in total. The molecule has 0 saturated heterocycles. The molecule has 1 aromatic carbocycles. The zero-order valence-electron chi connectivity index (χ0n) is 9.49. The van der Waals surface area contributed by atoms with Crippen molar-refractivity contribution in [3.8, 4) is 11.5 Å². The van der Waals surface area contributed by atoms with E-state index in [-0.39, 0.29) is 23.9 Å². The van der Waals surface area contributed by atoms with Gasteiger partial charge in [0.15, 0.2) is 11.5 Å². The monoisotopic (exact) mass is 271 g/mol. The number of hydrogen-bond acceptors (Lipinski definition) is 5. The Kier molecular flexibility index (Phi) is 3.57. The normalized spacial score (nSPS) is 12.1. The van der Waals surface area contributed by atoms with E-state index in [1.54, 1.807) is 0 Å². The van der Waals surface area contributed by atoms with Crippen LogP contribution in [-0.4, -0.2) is 32.3 Å². The number of rotatable bonds is 3. The van der Waals surface area contributed by atoms with Crippen LogP contribution in [0.5, 0.6) is 11.5 Å². The molecule has 0 aromatic heterocycles. The summed E-state index contributed by atoms with van der Waals surface area (Å²) in [6.45, 7) is -0.135. The molecule has 0 aliphatic carbocycles. The third-order valence-electron chi connectivity index (χ3n) is 2.31. The highest BCUT2D eigenvalue weighted by atomic mass is 35.5. The van der Waals surface area contributed by atoms with Crippen molar-refractivity contribution in [1.82, 2.24) is 5.32 Å². The van der Waals surface area contributed by atoms with E-state index in [2.05, 4.69) is 10.1 Å². The molecule has 0 fully saturated rings. The first-order valence-electron chi connectivity index (χ1n) is 5.06. The topological polar surface area (TPSA) is 73.9 Å². The first-order valence-corrected chi connectivity index (χ1v) is 5.43. The van der Waals surface area contributed by atoms with Crippen molar-refractivity contribution >= 4 is 23.5 Å². The molecule has 1 aliphatic heterocycles. The SMILES string of the molecule is COC(=O)CNC(=O)c1cc(Cl)c2c(c1)OCO2. The van der Waals surface area contributed by atoms with Crippen LogP contribution in [0.4, 0.5) is 0 Å². The van der Waals surface area contributed by atoms with Gasteiger partial charge in [-0.3, -0.25) is 9.59 Å². The summed E-state index contributed by atoms with van der Waals surface area (Å²) >= 11 is 5.93. The molecule has 0 unspecified atom stereocenters. The number of amides is 1. The second-order valence-corrected chi connectivity index (χ2v) is 3.86. The van der Waals surface area contributed by atoms with E-state index in [0.29, 0.717) is 11.5 Å². The summed E-state index contributed by atoms with van der Waals surface area (Å²) in [6.07, 6.45) is 0. The summed E-state index contributed by atoms with van der Waals surface area (Å²) in [7, 11) is 1.24. The van der Waals surface area contributed by atoms with Crippen LogP contribution >= 0.6 is 11.6 Å². The molecule has 1 amide bonds. The highest BCUT2D eigenvalue weighted by Gasteiger charge is 2.20. The number of hydrogen-bond donors (Lipinski definition) is 1. The third kappa shape index (κ3) is 2.48. The highest BCUT2D eigenvalue weighted by molar-refractivity contribution is 6.32. The first kappa shape index (κ1) is 12.5. The Hall–Kier alpha value is -1.95. The molecule has 1 aliphatic rings. The maximum absolute atomic E-state index is 11.7. The fourth-order valence-corrected chi connectivity index (χ4v) is 1.69. The molecule has 0 spiro atoms. The van der Waals surface area contributed by atoms with E-state index in [9.17, 15) is 9.59 Å². The summed E-state index contributed by atoms with van der Waals surface area (Å²) < 4.78 is 14.7. The summed E-state index contributed by atoms with van der Waals surface area (Å²) in [4.78, 5) is 22.6. The number of methoxy groups -OCH3 is 1. The average molecular weight is 272 g/mol. The van der Waals surface area contributed by atoms with Gasteiger partial charge in [-0.05, 0) is 12.1 Å². The Morgan fingerprint density at radius 3 is 2.94 bits per heavy atom. The smallest absolute Gasteiger partial charge is 0.325 e. The van der Waals surface area contributed by atoms with E-state index >= 15 is 0 Å². The molecule has 96 valence electrons. The molecule has 6 nitrogen and oxygen atoms in total. The number of nitrogens with one attached hydrogen (secondary N) is 1. The molecule has 7 heteroatoms. The van der Waals surface area contributed by atoms with Gasteiger partial charge in [0.1, 0.15) is 6.54 Å². The molecule has 2 rings (SSSR count). The molecule has 0 radical (unpaired) electrons. The minimum Gasteiger partial charge on any atom is -0.468 e. The van der Waals surface area contributed by atoms with Crippen molar-refractivity contribution in [3.05, 3.63) is 22.7 Å². The van der Waals surface area contributed by atoms with Gasteiger partial charge in [-0.15, -0.1) is 0 Å². The van der Waals surface area contributed by atoms with E-state index in [1.807, 2.05) is 0 Å². The molecular formula is C11H10ClNO5. The van der Waals surface area contributed by atoms with Gasteiger partial charge < -0.3 is 19.5 Å². The number of carbonyl (C=O) groups is 2. The molecule has 0 bridgehead atoms. The Morgan fingerprint density at radius 2 is 2.22 bits per heavy atom. The van der Waals surface area contributed by atoms with Gasteiger partial charge in [-0.1, -0.05) is 11.6 Å². The number of carbonyl (C=O) groups excluding carboxylic acids is 2. The minimum atomic E-state index is -0.532. The summed E-state index contributed by atoms with van der Waals surface area (Å²) in [5.74, 6) is -0.150. The van der Waals surface area contributed by atoms with Crippen LogP contribution in [0.25, 0.3) is 0 Å². The second kappa shape index (κ2) is 5.14. The zero-order chi connectivity index (χ0) is 13.1. The number of halogens is 1. The van der Waals surface area contributed by atoms with Crippen LogP contribution in [-0.2, 0) is 9.53 Å². The molecule has 1 heterocycles. The summed E-state index contributed by atoms with van der Waals surface area (Å²) in [5, 5.41) is 2.68. The minimum absolute atomic E-state index is 0.0717. The van der Waals surface area contributed by atoms with E-state index in [0.717, 1.165) is 0 Å². The Morgan fingerprint density at radius 1 is 1.44 bits per heavy atom. The maximum Gasteiger partial charge on any atom is 0.325 e. The standard InChI is InChI=1S/C11H10ClNO5/c1-16-9(14)4-13-11(15)6-2-7(12)10-8(3-6)17-5-18-10/h2-3H,4-5H2,1H3,(H,13,15). The predicted molar refractivity (Wildman–Crippen MR) is 61.9 cm³/mol. The summed E-state index contributed by atoms with van der Waals surface area (Å²) in [5.41, 5.74) is 0.285. The maximum atomic E-state index is 11.7. The average Bonchev–Trinajstić information content (AvgIpc) is 2.84. The number of esters is 1. The third-order valence-corrected chi connectivity index (χ3v) is 2.59. The second-order valence-electron chi connectivity index (χ2n) is 3.45. The van der Waals surface area contributed by atoms with E-state index in [1.165, 1.54) is 19.2 Å². The fraction of sp³-hybridized carbons (Fsp3) is 0.273. The largest absolute Gasteiger partial charge is 0.468 e. The van der Waals surface area contributed by atoms with E-state index < -0.39 is 11.9 Å². The van der Waals surface area contributed by atoms with Crippen molar-refractivity contribution < 1.29 is 23.8 Å². The van der Waals surface area contributed by atoms with E-state index in [4.69, 9.17) is 21.1 Å². The van der Waals surface area contributed by atoms with Gasteiger partial charge in [-0.2, -0.15) is 0 Å². The quantitative estimate of drug-likeness (QED) is 0.829. The molecule has 0 saturated carbocycles. The van der Waals surface area contributed by atoms with Crippen LogP contribution in [0.1, 0.15) is 10.4 Å². The van der Waals surface area contributed by atoms with Crippen LogP contribution in [0.3, 0.4) is 0 Å². The predicted octanol–water partition coefficient (Wildman–Crippen LogP) is 0.971. The van der Waals surface area contributed by atoms with Gasteiger partial charge in [0.05, 0.1) is 12.1 Å². The molecular weight excluding hydrogens is 262 g/mol. The van der Waals surface area contributed by atoms with Crippen molar-refractivity contribution in [1.29, 1.82) is 0 Å². The van der Waals surface area contributed by atoms with Crippen LogP contribution in [0.15, 0.2) is 12.1 Å². The molecule has 18 heavy (non-hydrogen) atoms. The van der Waals surface area contributed by atoms with Gasteiger partial charge in [0.2, 0.25) is 6.79 Å². The van der Waals surface area contributed by atoms with Crippen LogP contribution in [0, 0.1) is 0 Å². The molecule has 0 atom stereocenters. The Bertz CT molecular complexity index is 502. The van der Waals surface area contributed by atoms with Crippen molar-refractivity contribution in [2.45, 2.75) is 0 Å². The Balaban J connectivity index is 2.12. The lowest BCUT2D eigenvalue weighted by molar-refractivity contribution is -0.139. The lowest BCUT2D eigenvalue weighted by Crippen LogP contribution is -2.30. The number of fused-ring (bicyclic) bond motifs is 1. The van der Waals surface area contributed by atoms with Crippen molar-refractivity contribution in [2.24, 2.45) is 0 Å². The number of ether oxygens (including phenoxy) is 3. The van der Waals surface area contributed by atoms with Crippen LogP contribution < -0.4 is 14.8 Å². The summed E-state index contributed by atoms with van der Waals surface area (Å²) in [6, 6.07) is 2.95. The van der Waals surface area contributed by atoms with Crippen LogP contribution in [0.2, 0.25) is 5.02 Å². The number of benzene rings is 1. The lowest BCUT2D eigenvalue weighted by atomic mass is 10.2. The van der Waals surface area contributed by atoms with Gasteiger partial charge in [0, 0.05) is 5.56 Å². The molecule has 1 aromatic rings.